The molecule has 196 valence electrons. The lowest BCUT2D eigenvalue weighted by atomic mass is 10.00. The molecule has 0 bridgehead atoms. The van der Waals surface area contributed by atoms with Gasteiger partial charge in [-0.1, -0.05) is 12.1 Å². The van der Waals surface area contributed by atoms with Crippen molar-refractivity contribution in [1.82, 2.24) is 20.0 Å². The minimum absolute atomic E-state index is 0.0892. The summed E-state index contributed by atoms with van der Waals surface area (Å²) in [6, 6.07) is 1.54. The van der Waals surface area contributed by atoms with Gasteiger partial charge in [-0.2, -0.15) is 18.3 Å². The summed E-state index contributed by atoms with van der Waals surface area (Å²) in [6.07, 6.45) is 1.31. The molecule has 0 unspecified atom stereocenters. The maximum absolute atomic E-state index is 14.7. The number of hydrogen-bond acceptors (Lipinski definition) is 6. The maximum atomic E-state index is 14.7. The van der Waals surface area contributed by atoms with Crippen LogP contribution < -0.4 is 5.32 Å². The molecule has 2 aromatic rings. The van der Waals surface area contributed by atoms with Crippen molar-refractivity contribution >= 4 is 17.3 Å². The molecule has 1 aromatic carbocycles. The molecule has 1 aromatic heterocycles. The lowest BCUT2D eigenvalue weighted by Gasteiger charge is -2.25. The Kier molecular flexibility index (Phi) is 6.40. The Morgan fingerprint density at radius 1 is 1.30 bits per heavy atom. The summed E-state index contributed by atoms with van der Waals surface area (Å²) in [6.45, 7) is 4.41. The first-order valence-corrected chi connectivity index (χ1v) is 11.8. The quantitative estimate of drug-likeness (QED) is 0.592. The fourth-order valence-corrected chi connectivity index (χ4v) is 4.69. The molecule has 0 radical (unpaired) electrons. The van der Waals surface area contributed by atoms with E-state index >= 15 is 0 Å². The molecule has 5 rings (SSSR count). The molecule has 2 N–H and O–H groups in total. The first-order valence-electron chi connectivity index (χ1n) is 11.8. The van der Waals surface area contributed by atoms with Gasteiger partial charge < -0.3 is 20.1 Å². The Balaban J connectivity index is 1.42. The first kappa shape index (κ1) is 25.2. The van der Waals surface area contributed by atoms with E-state index in [2.05, 4.69) is 15.4 Å². The number of fused-ring (bicyclic) bond motifs is 1. The Bertz CT molecular complexity index is 1320. The van der Waals surface area contributed by atoms with E-state index in [4.69, 9.17) is 4.74 Å². The third kappa shape index (κ3) is 4.78. The number of nitrogens with one attached hydrogen (secondary N) is 1. The molecule has 0 spiro atoms. The van der Waals surface area contributed by atoms with Crippen LogP contribution in [0.25, 0.3) is 5.57 Å². The minimum Gasteiger partial charge on any atom is -0.388 e. The molecule has 0 saturated carbocycles. The Morgan fingerprint density at radius 2 is 2.08 bits per heavy atom. The van der Waals surface area contributed by atoms with Crippen LogP contribution in [-0.2, 0) is 15.7 Å². The van der Waals surface area contributed by atoms with Crippen molar-refractivity contribution in [1.29, 1.82) is 0 Å². The SMILES string of the molecule is C[C@@H]1CN2C=C(c3cnn([C@@H]4COC[C@@H]4O)c3)C=C(C(=O)N[C@H](C)c3cccc(C(F)(F)F)c3F)C2=N1. The van der Waals surface area contributed by atoms with E-state index in [0.717, 1.165) is 6.07 Å². The van der Waals surface area contributed by atoms with Gasteiger partial charge in [0.1, 0.15) is 23.8 Å². The molecular weight excluding hydrogens is 494 g/mol. The highest BCUT2D eigenvalue weighted by atomic mass is 19.4. The zero-order valence-electron chi connectivity index (χ0n) is 20.0. The van der Waals surface area contributed by atoms with Crippen molar-refractivity contribution in [2.45, 2.75) is 44.3 Å². The highest BCUT2D eigenvalue weighted by Crippen LogP contribution is 2.34. The van der Waals surface area contributed by atoms with Crippen LogP contribution in [0, 0.1) is 5.82 Å². The smallest absolute Gasteiger partial charge is 0.388 e. The standard InChI is InChI=1S/C25H25F4N5O3/c1-13-8-33-9-15(16-7-30-34(10-16)20-11-37-12-21(20)35)6-18(23(33)31-13)24(36)32-14(2)17-4-3-5-19(22(17)26)25(27,28)29/h3-7,9-10,13-14,20-21,35H,8,11-12H2,1-2H3,(H,32,36)/t13-,14-,20-,21+/m1/s1. The molecule has 1 fully saturated rings. The predicted octanol–water partition coefficient (Wildman–Crippen LogP) is 3.23. The molecular formula is C25H25F4N5O3. The number of rotatable bonds is 5. The number of hydrogen-bond donors (Lipinski definition) is 2. The van der Waals surface area contributed by atoms with Crippen molar-refractivity contribution in [3.05, 3.63) is 70.9 Å². The van der Waals surface area contributed by atoms with Gasteiger partial charge in [0, 0.05) is 35.6 Å². The molecule has 4 atom stereocenters. The number of alkyl halides is 3. The van der Waals surface area contributed by atoms with Crippen LogP contribution in [0.15, 0.2) is 53.4 Å². The Labute approximate surface area is 209 Å². The highest BCUT2D eigenvalue weighted by Gasteiger charge is 2.36. The summed E-state index contributed by atoms with van der Waals surface area (Å²) < 4.78 is 61.1. The second-order valence-corrected chi connectivity index (χ2v) is 9.38. The third-order valence-electron chi connectivity index (χ3n) is 6.60. The maximum Gasteiger partial charge on any atom is 0.419 e. The summed E-state index contributed by atoms with van der Waals surface area (Å²) in [5.41, 5.74) is -0.0930. The fourth-order valence-electron chi connectivity index (χ4n) is 4.69. The number of carbonyl (C=O) groups is 1. The van der Waals surface area contributed by atoms with Crippen LogP contribution >= 0.6 is 0 Å². The number of aliphatic hydroxyl groups excluding tert-OH is 1. The normalized spacial score (nSPS) is 24.4. The second kappa shape index (κ2) is 9.42. The molecule has 1 amide bonds. The van der Waals surface area contributed by atoms with Gasteiger partial charge in [-0.3, -0.25) is 14.5 Å². The third-order valence-corrected chi connectivity index (χ3v) is 6.60. The van der Waals surface area contributed by atoms with Gasteiger partial charge in [-0.25, -0.2) is 4.39 Å². The number of amides is 1. The van der Waals surface area contributed by atoms with Crippen molar-refractivity contribution in [3.63, 3.8) is 0 Å². The van der Waals surface area contributed by atoms with E-state index < -0.39 is 35.6 Å². The van der Waals surface area contributed by atoms with Crippen LogP contribution in [-0.4, -0.2) is 63.4 Å². The largest absolute Gasteiger partial charge is 0.419 e. The number of aliphatic hydroxyl groups is 1. The number of benzene rings is 1. The topological polar surface area (TPSA) is 92.0 Å². The van der Waals surface area contributed by atoms with Gasteiger partial charge >= 0.3 is 6.18 Å². The van der Waals surface area contributed by atoms with Crippen molar-refractivity contribution in [3.8, 4) is 0 Å². The van der Waals surface area contributed by atoms with Gasteiger partial charge in [0.25, 0.3) is 5.91 Å². The number of aromatic nitrogens is 2. The summed E-state index contributed by atoms with van der Waals surface area (Å²) in [4.78, 5) is 19.7. The number of allylic oxidation sites excluding steroid dienone is 2. The number of halogens is 4. The van der Waals surface area contributed by atoms with E-state index in [-0.39, 0.29) is 29.8 Å². The summed E-state index contributed by atoms with van der Waals surface area (Å²) >= 11 is 0. The van der Waals surface area contributed by atoms with Crippen LogP contribution in [0.3, 0.4) is 0 Å². The number of ether oxygens (including phenoxy) is 1. The van der Waals surface area contributed by atoms with Gasteiger partial charge in [0.2, 0.25) is 0 Å². The summed E-state index contributed by atoms with van der Waals surface area (Å²) in [5.74, 6) is -1.59. The number of aliphatic imine (C=N–C) groups is 1. The molecule has 8 nitrogen and oxygen atoms in total. The molecule has 0 aliphatic carbocycles. The number of amidine groups is 1. The zero-order valence-corrected chi connectivity index (χ0v) is 20.0. The first-order chi connectivity index (χ1) is 17.5. The van der Waals surface area contributed by atoms with Gasteiger partial charge in [0.05, 0.1) is 42.6 Å². The number of nitrogens with zero attached hydrogens (tertiary/aromatic N) is 4. The van der Waals surface area contributed by atoms with Crippen LogP contribution in [0.5, 0.6) is 0 Å². The average molecular weight is 519 g/mol. The van der Waals surface area contributed by atoms with Gasteiger partial charge in [-0.05, 0) is 26.0 Å². The molecule has 4 heterocycles. The van der Waals surface area contributed by atoms with Gasteiger partial charge in [0.15, 0.2) is 0 Å². The fraction of sp³-hybridized carbons (Fsp3) is 0.400. The lowest BCUT2D eigenvalue weighted by molar-refractivity contribution is -0.140. The Hall–Kier alpha value is -3.51. The molecule has 1 saturated heterocycles. The van der Waals surface area contributed by atoms with Crippen molar-refractivity contribution < 1.29 is 32.2 Å². The second-order valence-electron chi connectivity index (χ2n) is 9.38. The Morgan fingerprint density at radius 3 is 2.78 bits per heavy atom. The van der Waals surface area contributed by atoms with Crippen molar-refractivity contribution in [2.24, 2.45) is 4.99 Å². The lowest BCUT2D eigenvalue weighted by Crippen LogP contribution is -2.37. The molecule has 3 aliphatic heterocycles. The van der Waals surface area contributed by atoms with E-state index in [1.54, 1.807) is 23.2 Å². The van der Waals surface area contributed by atoms with Crippen LogP contribution in [0.2, 0.25) is 0 Å². The van der Waals surface area contributed by atoms with Crippen LogP contribution in [0.4, 0.5) is 17.6 Å². The summed E-state index contributed by atoms with van der Waals surface area (Å²) in [7, 11) is 0. The average Bonchev–Trinajstić information content (AvgIpc) is 3.56. The van der Waals surface area contributed by atoms with E-state index in [0.29, 0.717) is 36.2 Å². The predicted molar refractivity (Wildman–Crippen MR) is 126 cm³/mol. The highest BCUT2D eigenvalue weighted by molar-refractivity contribution is 6.24. The van der Waals surface area contributed by atoms with E-state index in [9.17, 15) is 27.5 Å². The summed E-state index contributed by atoms with van der Waals surface area (Å²) in [5, 5.41) is 17.1. The monoisotopic (exact) mass is 519 g/mol. The van der Waals surface area contributed by atoms with Crippen molar-refractivity contribution in [2.75, 3.05) is 19.8 Å². The molecule has 3 aliphatic rings. The minimum atomic E-state index is -4.85. The number of carbonyl (C=O) groups excluding carboxylic acids is 1. The molecule has 37 heavy (non-hydrogen) atoms. The molecule has 12 heteroatoms. The zero-order chi connectivity index (χ0) is 26.5. The van der Waals surface area contributed by atoms with Gasteiger partial charge in [-0.15, -0.1) is 0 Å². The van der Waals surface area contributed by atoms with Crippen LogP contribution in [0.1, 0.15) is 42.6 Å². The van der Waals surface area contributed by atoms with E-state index in [1.165, 1.54) is 13.0 Å². The van der Waals surface area contributed by atoms with E-state index in [1.807, 2.05) is 18.0 Å².